The van der Waals surface area contributed by atoms with Crippen LogP contribution in [-0.2, 0) is 11.3 Å². The predicted octanol–water partition coefficient (Wildman–Crippen LogP) is 0.980. The maximum Gasteiger partial charge on any atom is 0.321 e. The van der Waals surface area contributed by atoms with Crippen LogP contribution in [0, 0.1) is 0 Å². The molecule has 1 aromatic rings. The van der Waals surface area contributed by atoms with Gasteiger partial charge in [-0.15, -0.1) is 0 Å². The molecule has 1 rings (SSSR count). The summed E-state index contributed by atoms with van der Waals surface area (Å²) >= 11 is 0. The SMILES string of the molecule is CNC(=O)NC(=O)C(C)N(C)Cc1ccc(OC)c(OC)c1. The van der Waals surface area contributed by atoms with Crippen LogP contribution in [-0.4, -0.2) is 51.2 Å². The number of carbonyl (C=O) groups is 2. The lowest BCUT2D eigenvalue weighted by molar-refractivity contribution is -0.124. The van der Waals surface area contributed by atoms with Crippen LogP contribution in [0.5, 0.6) is 11.5 Å². The minimum absolute atomic E-state index is 0.359. The Bertz CT molecular complexity index is 534. The zero-order valence-electron chi connectivity index (χ0n) is 13.6. The highest BCUT2D eigenvalue weighted by atomic mass is 16.5. The standard InChI is InChI=1S/C15H23N3O4/c1-10(14(19)17-15(20)16-2)18(3)9-11-6-7-12(21-4)13(8-11)22-5/h6-8,10H,9H2,1-5H3,(H2,16,17,19,20). The second-order valence-electron chi connectivity index (χ2n) is 4.85. The van der Waals surface area contributed by atoms with E-state index in [1.165, 1.54) is 7.05 Å². The van der Waals surface area contributed by atoms with E-state index in [2.05, 4.69) is 10.6 Å². The molecule has 0 aliphatic rings. The zero-order valence-corrected chi connectivity index (χ0v) is 13.6. The minimum Gasteiger partial charge on any atom is -0.493 e. The molecule has 1 atom stereocenters. The van der Waals surface area contributed by atoms with E-state index in [4.69, 9.17) is 9.47 Å². The van der Waals surface area contributed by atoms with Crippen LogP contribution in [0.2, 0.25) is 0 Å². The van der Waals surface area contributed by atoms with Crippen LogP contribution >= 0.6 is 0 Å². The van der Waals surface area contributed by atoms with Gasteiger partial charge in [0.1, 0.15) is 0 Å². The Morgan fingerprint density at radius 1 is 1.23 bits per heavy atom. The van der Waals surface area contributed by atoms with Crippen molar-refractivity contribution in [3.8, 4) is 11.5 Å². The summed E-state index contributed by atoms with van der Waals surface area (Å²) in [6.07, 6.45) is 0. The number of amides is 3. The number of hydrogen-bond donors (Lipinski definition) is 2. The fourth-order valence-electron chi connectivity index (χ4n) is 1.88. The topological polar surface area (TPSA) is 79.9 Å². The van der Waals surface area contributed by atoms with Gasteiger partial charge in [-0.1, -0.05) is 6.07 Å². The Hall–Kier alpha value is -2.28. The molecule has 2 N–H and O–H groups in total. The zero-order chi connectivity index (χ0) is 16.7. The number of ether oxygens (including phenoxy) is 2. The molecule has 1 unspecified atom stereocenters. The first-order chi connectivity index (χ1) is 10.4. The highest BCUT2D eigenvalue weighted by Crippen LogP contribution is 2.28. The molecule has 7 heteroatoms. The molecule has 22 heavy (non-hydrogen) atoms. The van der Waals surface area contributed by atoms with Crippen molar-refractivity contribution in [1.82, 2.24) is 15.5 Å². The van der Waals surface area contributed by atoms with Gasteiger partial charge in [0, 0.05) is 13.6 Å². The van der Waals surface area contributed by atoms with Gasteiger partial charge in [-0.3, -0.25) is 15.0 Å². The number of carbonyl (C=O) groups excluding carboxylic acids is 2. The number of nitrogens with zero attached hydrogens (tertiary/aromatic N) is 1. The van der Waals surface area contributed by atoms with Gasteiger partial charge in [0.25, 0.3) is 0 Å². The van der Waals surface area contributed by atoms with E-state index >= 15 is 0 Å². The monoisotopic (exact) mass is 309 g/mol. The molecule has 0 spiro atoms. The van der Waals surface area contributed by atoms with Gasteiger partial charge in [0.15, 0.2) is 11.5 Å². The van der Waals surface area contributed by atoms with E-state index in [9.17, 15) is 9.59 Å². The van der Waals surface area contributed by atoms with Crippen LogP contribution in [0.25, 0.3) is 0 Å². The lowest BCUT2D eigenvalue weighted by Gasteiger charge is -2.23. The van der Waals surface area contributed by atoms with Crippen molar-refractivity contribution in [2.75, 3.05) is 28.3 Å². The van der Waals surface area contributed by atoms with Gasteiger partial charge in [-0.25, -0.2) is 4.79 Å². The fraction of sp³-hybridized carbons (Fsp3) is 0.467. The first-order valence-corrected chi connectivity index (χ1v) is 6.86. The highest BCUT2D eigenvalue weighted by molar-refractivity contribution is 5.96. The van der Waals surface area contributed by atoms with Crippen molar-refractivity contribution in [2.24, 2.45) is 0 Å². The van der Waals surface area contributed by atoms with Crippen LogP contribution in [0.3, 0.4) is 0 Å². The van der Waals surface area contributed by atoms with E-state index in [0.717, 1.165) is 5.56 Å². The van der Waals surface area contributed by atoms with Crippen molar-refractivity contribution < 1.29 is 19.1 Å². The summed E-state index contributed by atoms with van der Waals surface area (Å²) in [6, 6.07) is 4.61. The van der Waals surface area contributed by atoms with Gasteiger partial charge in [0.2, 0.25) is 5.91 Å². The summed E-state index contributed by atoms with van der Waals surface area (Å²) in [5.74, 6) is 0.928. The summed E-state index contributed by atoms with van der Waals surface area (Å²) in [4.78, 5) is 24.9. The number of hydrogen-bond acceptors (Lipinski definition) is 5. The molecule has 0 aromatic heterocycles. The van der Waals surface area contributed by atoms with Crippen LogP contribution in [0.1, 0.15) is 12.5 Å². The van der Waals surface area contributed by atoms with Gasteiger partial charge in [-0.05, 0) is 31.7 Å². The molecular weight excluding hydrogens is 286 g/mol. The number of benzene rings is 1. The highest BCUT2D eigenvalue weighted by Gasteiger charge is 2.20. The number of imide groups is 1. The molecule has 0 aliphatic heterocycles. The Morgan fingerprint density at radius 3 is 2.41 bits per heavy atom. The average molecular weight is 309 g/mol. The Morgan fingerprint density at radius 2 is 1.86 bits per heavy atom. The minimum atomic E-state index is -0.517. The average Bonchev–Trinajstić information content (AvgIpc) is 2.53. The third-order valence-corrected chi connectivity index (χ3v) is 3.38. The lowest BCUT2D eigenvalue weighted by atomic mass is 10.1. The van der Waals surface area contributed by atoms with Crippen molar-refractivity contribution in [3.05, 3.63) is 23.8 Å². The Kier molecular flexibility index (Phi) is 6.65. The van der Waals surface area contributed by atoms with E-state index in [1.807, 2.05) is 30.1 Å². The first kappa shape index (κ1) is 17.8. The van der Waals surface area contributed by atoms with Gasteiger partial charge in [-0.2, -0.15) is 0 Å². The Labute approximate surface area is 130 Å². The lowest BCUT2D eigenvalue weighted by Crippen LogP contribution is -2.47. The molecule has 0 saturated heterocycles. The second-order valence-corrected chi connectivity index (χ2v) is 4.85. The van der Waals surface area contributed by atoms with E-state index in [-0.39, 0.29) is 5.91 Å². The van der Waals surface area contributed by atoms with E-state index < -0.39 is 12.1 Å². The molecule has 0 fully saturated rings. The largest absolute Gasteiger partial charge is 0.493 e. The number of urea groups is 1. The summed E-state index contributed by atoms with van der Waals surface area (Å²) in [7, 11) is 6.42. The van der Waals surface area contributed by atoms with E-state index in [1.54, 1.807) is 21.1 Å². The summed E-state index contributed by atoms with van der Waals surface area (Å²) < 4.78 is 10.4. The maximum atomic E-state index is 11.9. The van der Waals surface area contributed by atoms with Gasteiger partial charge >= 0.3 is 6.03 Å². The van der Waals surface area contributed by atoms with E-state index in [0.29, 0.717) is 18.0 Å². The van der Waals surface area contributed by atoms with Crippen molar-refractivity contribution >= 4 is 11.9 Å². The molecular formula is C15H23N3O4. The van der Waals surface area contributed by atoms with Crippen molar-refractivity contribution in [2.45, 2.75) is 19.5 Å². The number of rotatable bonds is 6. The van der Waals surface area contributed by atoms with Crippen molar-refractivity contribution in [3.63, 3.8) is 0 Å². The molecule has 122 valence electrons. The summed E-state index contributed by atoms with van der Waals surface area (Å²) in [5.41, 5.74) is 0.972. The van der Waals surface area contributed by atoms with Gasteiger partial charge < -0.3 is 14.8 Å². The maximum absolute atomic E-state index is 11.9. The molecule has 0 saturated carbocycles. The predicted molar refractivity (Wildman–Crippen MR) is 83.1 cm³/mol. The quantitative estimate of drug-likeness (QED) is 0.819. The summed E-state index contributed by atoms with van der Waals surface area (Å²) in [6.45, 7) is 2.27. The third kappa shape index (κ3) is 4.63. The molecule has 1 aromatic carbocycles. The number of methoxy groups -OCH3 is 2. The van der Waals surface area contributed by atoms with Gasteiger partial charge in [0.05, 0.1) is 20.3 Å². The molecule has 3 amide bonds. The molecule has 0 aliphatic carbocycles. The van der Waals surface area contributed by atoms with Crippen LogP contribution in [0.15, 0.2) is 18.2 Å². The first-order valence-electron chi connectivity index (χ1n) is 6.86. The second kappa shape index (κ2) is 8.23. The number of nitrogens with one attached hydrogen (secondary N) is 2. The molecule has 0 bridgehead atoms. The third-order valence-electron chi connectivity index (χ3n) is 3.38. The molecule has 0 radical (unpaired) electrons. The Balaban J connectivity index is 2.73. The van der Waals surface area contributed by atoms with Crippen molar-refractivity contribution in [1.29, 1.82) is 0 Å². The van der Waals surface area contributed by atoms with Crippen LogP contribution < -0.4 is 20.1 Å². The normalized spacial score (nSPS) is 11.7. The van der Waals surface area contributed by atoms with Crippen LogP contribution in [0.4, 0.5) is 4.79 Å². The molecule has 0 heterocycles. The fourth-order valence-corrected chi connectivity index (χ4v) is 1.88. The summed E-state index contributed by atoms with van der Waals surface area (Å²) in [5, 5.41) is 4.61. The smallest absolute Gasteiger partial charge is 0.321 e. The number of likely N-dealkylation sites (N-methyl/N-ethyl adjacent to an activating group) is 1. The molecule has 7 nitrogen and oxygen atoms in total.